The molecule has 0 bridgehead atoms. The molecule has 0 heterocycles. The summed E-state index contributed by atoms with van der Waals surface area (Å²) in [7, 11) is 0. The van der Waals surface area contributed by atoms with E-state index in [1.54, 1.807) is 13.0 Å². The molecule has 0 aromatic heterocycles. The third-order valence-electron chi connectivity index (χ3n) is 1.97. The largest absolute Gasteiger partial charge is 0.492 e. The quantitative estimate of drug-likeness (QED) is 0.607. The summed E-state index contributed by atoms with van der Waals surface area (Å²) in [5.41, 5.74) is 6.36. The van der Waals surface area contributed by atoms with Gasteiger partial charge in [0.05, 0.1) is 6.61 Å². The first-order chi connectivity index (χ1) is 7.15. The first-order valence-electron chi connectivity index (χ1n) is 4.76. The summed E-state index contributed by atoms with van der Waals surface area (Å²) in [4.78, 5) is 0. The maximum atomic E-state index is 13.0. The lowest BCUT2D eigenvalue weighted by Crippen LogP contribution is -2.09. The van der Waals surface area contributed by atoms with Crippen molar-refractivity contribution in [1.29, 1.82) is 0 Å². The molecule has 0 amide bonds. The van der Waals surface area contributed by atoms with Crippen LogP contribution in [0, 0.1) is 18.2 Å². The molecule has 1 aromatic rings. The molecule has 0 aliphatic heterocycles. The Bertz CT molecular complexity index is 368. The van der Waals surface area contributed by atoms with E-state index in [4.69, 9.17) is 16.9 Å². The van der Waals surface area contributed by atoms with E-state index in [0.29, 0.717) is 24.3 Å². The number of rotatable bonds is 4. The predicted octanol–water partition coefficient (Wildman–Crippen LogP) is 2.25. The minimum atomic E-state index is -0.313. The molecule has 80 valence electrons. The van der Waals surface area contributed by atoms with Gasteiger partial charge < -0.3 is 10.5 Å². The summed E-state index contributed by atoms with van der Waals surface area (Å²) in [6.45, 7) is 2.20. The first-order valence-corrected chi connectivity index (χ1v) is 4.76. The molecule has 0 saturated heterocycles. The molecule has 0 spiro atoms. The summed E-state index contributed by atoms with van der Waals surface area (Å²) in [6.07, 6.45) is 5.62. The minimum Gasteiger partial charge on any atom is -0.492 e. The van der Waals surface area contributed by atoms with Gasteiger partial charge in [0.25, 0.3) is 0 Å². The number of ether oxygens (including phenoxy) is 1. The highest BCUT2D eigenvalue weighted by Gasteiger charge is 2.09. The van der Waals surface area contributed by atoms with Gasteiger partial charge in [-0.25, -0.2) is 4.39 Å². The van der Waals surface area contributed by atoms with Gasteiger partial charge in [0.15, 0.2) is 0 Å². The van der Waals surface area contributed by atoms with Crippen molar-refractivity contribution in [2.24, 2.45) is 5.73 Å². The number of halogens is 1. The van der Waals surface area contributed by atoms with Crippen molar-refractivity contribution < 1.29 is 9.13 Å². The third kappa shape index (κ3) is 3.26. The summed E-state index contributed by atoms with van der Waals surface area (Å²) < 4.78 is 18.4. The zero-order valence-electron chi connectivity index (χ0n) is 8.66. The van der Waals surface area contributed by atoms with Gasteiger partial charge in [0.1, 0.15) is 11.6 Å². The van der Waals surface area contributed by atoms with Crippen molar-refractivity contribution >= 4 is 0 Å². The molecular formula is C12H14FNO. The second kappa shape index (κ2) is 5.38. The molecule has 0 aliphatic carbocycles. The Morgan fingerprint density at radius 1 is 1.60 bits per heavy atom. The van der Waals surface area contributed by atoms with Crippen molar-refractivity contribution in [3.8, 4) is 18.1 Å². The standard InChI is InChI=1S/C12H14FNO/c1-3-4-7-15-12-6-5-10(13)8-11(12)9(2)14/h1,5-6,8-9H,4,7,14H2,2H3/t9-/m1/s1. The van der Waals surface area contributed by atoms with Gasteiger partial charge in [-0.05, 0) is 25.1 Å². The van der Waals surface area contributed by atoms with Crippen molar-refractivity contribution in [2.75, 3.05) is 6.61 Å². The second-order valence-electron chi connectivity index (χ2n) is 3.27. The van der Waals surface area contributed by atoms with Crippen LogP contribution >= 0.6 is 0 Å². The zero-order valence-corrected chi connectivity index (χ0v) is 8.66. The molecule has 0 saturated carbocycles. The van der Waals surface area contributed by atoms with E-state index in [9.17, 15) is 4.39 Å². The molecular weight excluding hydrogens is 193 g/mol. The summed E-state index contributed by atoms with van der Waals surface area (Å²) >= 11 is 0. The molecule has 2 N–H and O–H groups in total. The Hall–Kier alpha value is -1.53. The van der Waals surface area contributed by atoms with Crippen LogP contribution in [0.5, 0.6) is 5.75 Å². The molecule has 0 aliphatic rings. The van der Waals surface area contributed by atoms with Crippen LogP contribution in [0.4, 0.5) is 4.39 Å². The zero-order chi connectivity index (χ0) is 11.3. The van der Waals surface area contributed by atoms with E-state index in [-0.39, 0.29) is 11.9 Å². The Labute approximate surface area is 89.2 Å². The van der Waals surface area contributed by atoms with E-state index < -0.39 is 0 Å². The van der Waals surface area contributed by atoms with E-state index in [2.05, 4.69) is 5.92 Å². The highest BCUT2D eigenvalue weighted by atomic mass is 19.1. The lowest BCUT2D eigenvalue weighted by molar-refractivity contribution is 0.321. The van der Waals surface area contributed by atoms with Crippen LogP contribution in [-0.2, 0) is 0 Å². The average Bonchev–Trinajstić information content (AvgIpc) is 2.20. The van der Waals surface area contributed by atoms with Gasteiger partial charge in [0.2, 0.25) is 0 Å². The van der Waals surface area contributed by atoms with Crippen molar-refractivity contribution in [3.05, 3.63) is 29.6 Å². The monoisotopic (exact) mass is 207 g/mol. The smallest absolute Gasteiger partial charge is 0.124 e. The third-order valence-corrected chi connectivity index (χ3v) is 1.97. The minimum absolute atomic E-state index is 0.262. The van der Waals surface area contributed by atoms with E-state index in [0.717, 1.165) is 0 Å². The maximum Gasteiger partial charge on any atom is 0.124 e. The molecule has 1 rings (SSSR count). The van der Waals surface area contributed by atoms with Crippen LogP contribution in [0.25, 0.3) is 0 Å². The number of terminal acetylenes is 1. The fraction of sp³-hybridized carbons (Fsp3) is 0.333. The molecule has 15 heavy (non-hydrogen) atoms. The van der Waals surface area contributed by atoms with Gasteiger partial charge in [-0.15, -0.1) is 12.3 Å². The number of nitrogens with two attached hydrogens (primary N) is 1. The van der Waals surface area contributed by atoms with Crippen LogP contribution in [0.2, 0.25) is 0 Å². The molecule has 1 aromatic carbocycles. The summed E-state index contributed by atoms with van der Waals surface area (Å²) in [5, 5.41) is 0. The molecule has 2 nitrogen and oxygen atoms in total. The Kier molecular flexibility index (Phi) is 4.14. The molecule has 1 atom stereocenters. The fourth-order valence-corrected chi connectivity index (χ4v) is 1.23. The molecule has 0 unspecified atom stereocenters. The number of hydrogen-bond acceptors (Lipinski definition) is 2. The van der Waals surface area contributed by atoms with Crippen LogP contribution in [0.15, 0.2) is 18.2 Å². The van der Waals surface area contributed by atoms with Gasteiger partial charge >= 0.3 is 0 Å². The van der Waals surface area contributed by atoms with Crippen molar-refractivity contribution in [2.45, 2.75) is 19.4 Å². The normalized spacial score (nSPS) is 11.9. The average molecular weight is 207 g/mol. The number of hydrogen-bond donors (Lipinski definition) is 1. The van der Waals surface area contributed by atoms with Gasteiger partial charge in [0, 0.05) is 18.0 Å². The highest BCUT2D eigenvalue weighted by Crippen LogP contribution is 2.24. The summed E-state index contributed by atoms with van der Waals surface area (Å²) in [6, 6.07) is 4.04. The molecule has 0 fully saturated rings. The van der Waals surface area contributed by atoms with Crippen LogP contribution in [-0.4, -0.2) is 6.61 Å². The molecule has 3 heteroatoms. The van der Waals surface area contributed by atoms with E-state index in [1.807, 2.05) is 0 Å². The first kappa shape index (κ1) is 11.5. The fourth-order valence-electron chi connectivity index (χ4n) is 1.23. The van der Waals surface area contributed by atoms with Crippen molar-refractivity contribution in [3.63, 3.8) is 0 Å². The topological polar surface area (TPSA) is 35.2 Å². The van der Waals surface area contributed by atoms with Gasteiger partial charge in [-0.3, -0.25) is 0 Å². The second-order valence-corrected chi connectivity index (χ2v) is 3.27. The van der Waals surface area contributed by atoms with E-state index in [1.165, 1.54) is 12.1 Å². The van der Waals surface area contributed by atoms with E-state index >= 15 is 0 Å². The lowest BCUT2D eigenvalue weighted by Gasteiger charge is -2.13. The number of benzene rings is 1. The van der Waals surface area contributed by atoms with Gasteiger partial charge in [-0.1, -0.05) is 0 Å². The predicted molar refractivity (Wildman–Crippen MR) is 57.9 cm³/mol. The lowest BCUT2D eigenvalue weighted by atomic mass is 10.1. The van der Waals surface area contributed by atoms with Crippen LogP contribution < -0.4 is 10.5 Å². The van der Waals surface area contributed by atoms with Gasteiger partial charge in [-0.2, -0.15) is 0 Å². The molecule has 0 radical (unpaired) electrons. The Balaban J connectivity index is 2.82. The van der Waals surface area contributed by atoms with Crippen LogP contribution in [0.1, 0.15) is 24.9 Å². The Morgan fingerprint density at radius 2 is 2.33 bits per heavy atom. The van der Waals surface area contributed by atoms with Crippen LogP contribution in [0.3, 0.4) is 0 Å². The highest BCUT2D eigenvalue weighted by molar-refractivity contribution is 5.36. The summed E-state index contributed by atoms with van der Waals surface area (Å²) in [5.74, 6) is 2.75. The van der Waals surface area contributed by atoms with Crippen molar-refractivity contribution in [1.82, 2.24) is 0 Å². The maximum absolute atomic E-state index is 13.0. The SMILES string of the molecule is C#CCCOc1ccc(F)cc1[C@@H](C)N. The Morgan fingerprint density at radius 3 is 2.93 bits per heavy atom.